The van der Waals surface area contributed by atoms with Crippen molar-refractivity contribution in [3.05, 3.63) is 53.0 Å². The monoisotopic (exact) mass is 494 g/mol. The van der Waals surface area contributed by atoms with Gasteiger partial charge in [-0.1, -0.05) is 26.3 Å². The van der Waals surface area contributed by atoms with Crippen LogP contribution < -0.4 is 16.0 Å². The number of nitrogens with one attached hydrogen (secondary N) is 3. The highest BCUT2D eigenvalue weighted by molar-refractivity contribution is 5.75. The van der Waals surface area contributed by atoms with Crippen molar-refractivity contribution in [2.24, 2.45) is 0 Å². The van der Waals surface area contributed by atoms with Crippen LogP contribution in [0, 0.1) is 10.1 Å². The molecule has 2 atom stereocenters. The van der Waals surface area contributed by atoms with Crippen LogP contribution in [0.15, 0.2) is 42.9 Å². The number of hydrogen-bond donors (Lipinski definition) is 4. The second-order valence-electron chi connectivity index (χ2n) is 8.63. The van der Waals surface area contributed by atoms with E-state index in [-0.39, 0.29) is 17.8 Å². The summed E-state index contributed by atoms with van der Waals surface area (Å²) in [5.41, 5.74) is 1.84. The van der Waals surface area contributed by atoms with Crippen LogP contribution in [0.1, 0.15) is 52.9 Å². The Bertz CT molecular complexity index is 1140. The first-order chi connectivity index (χ1) is 17.4. The molecule has 0 aliphatic carbocycles. The number of anilines is 4. The maximum absolute atomic E-state index is 11.1. The van der Waals surface area contributed by atoms with E-state index in [1.54, 1.807) is 31.3 Å². The number of aliphatic hydroxyl groups is 1. The van der Waals surface area contributed by atoms with Gasteiger partial charge in [-0.25, -0.2) is 15.0 Å². The number of rotatable bonds is 14. The molecule has 4 N–H and O–H groups in total. The van der Waals surface area contributed by atoms with Crippen molar-refractivity contribution in [1.29, 1.82) is 0 Å². The molecular formula is C25H34N8O3. The zero-order valence-electron chi connectivity index (χ0n) is 20.9. The minimum Gasteiger partial charge on any atom is -0.393 e. The van der Waals surface area contributed by atoms with Gasteiger partial charge in [0.25, 0.3) is 5.69 Å². The molecule has 1 aromatic carbocycles. The average molecular weight is 495 g/mol. The second-order valence-corrected chi connectivity index (χ2v) is 8.63. The Hall–Kier alpha value is -3.86. The Morgan fingerprint density at radius 1 is 1.14 bits per heavy atom. The van der Waals surface area contributed by atoms with Crippen LogP contribution in [-0.4, -0.2) is 48.7 Å². The molecule has 0 spiro atoms. The number of non-ortho nitro benzene ring substituents is 1. The van der Waals surface area contributed by atoms with Gasteiger partial charge in [-0.05, 0) is 38.7 Å². The molecule has 0 amide bonds. The topological polar surface area (TPSA) is 151 Å². The fraction of sp³-hybridized carbons (Fsp3) is 0.440. The summed E-state index contributed by atoms with van der Waals surface area (Å²) in [6.45, 7) is 6.78. The number of nitrogens with zero attached hydrogens (tertiary/aromatic N) is 5. The Balaban J connectivity index is 1.90. The van der Waals surface area contributed by atoms with Crippen molar-refractivity contribution in [3.8, 4) is 11.3 Å². The summed E-state index contributed by atoms with van der Waals surface area (Å²) in [6, 6.07) is 8.09. The van der Waals surface area contributed by atoms with Gasteiger partial charge in [-0.3, -0.25) is 10.1 Å². The Morgan fingerprint density at radius 3 is 2.69 bits per heavy atom. The third kappa shape index (κ3) is 7.84. The van der Waals surface area contributed by atoms with Gasteiger partial charge < -0.3 is 21.1 Å². The first-order valence-electron chi connectivity index (χ1n) is 12.3. The molecule has 3 aromatic rings. The number of nitro groups is 1. The fourth-order valence-corrected chi connectivity index (χ4v) is 3.57. The largest absolute Gasteiger partial charge is 0.393 e. The standard InChI is InChI=1S/C25H34N8O3/c1-4-6-12-26-25-27-15-21(24(32-25)31-18(5-2)11-10-17(3)34)22-14-23(29-16-28-22)30-19-8-7-9-20(13-19)33(35)36/h7-9,13-18,34H,4-6,10-12H2,1-3H3,(H,28,29,30)(H2,26,27,31,32)/t17-,18?/m0/s1. The lowest BCUT2D eigenvalue weighted by Crippen LogP contribution is -2.22. The molecule has 36 heavy (non-hydrogen) atoms. The molecule has 0 saturated carbocycles. The predicted octanol–water partition coefficient (Wildman–Crippen LogP) is 5.15. The van der Waals surface area contributed by atoms with Crippen molar-refractivity contribution in [1.82, 2.24) is 19.9 Å². The van der Waals surface area contributed by atoms with E-state index >= 15 is 0 Å². The van der Waals surface area contributed by atoms with Crippen LogP contribution in [0.3, 0.4) is 0 Å². The molecule has 0 fully saturated rings. The number of hydrogen-bond acceptors (Lipinski definition) is 10. The Morgan fingerprint density at radius 2 is 1.97 bits per heavy atom. The van der Waals surface area contributed by atoms with Crippen LogP contribution in [0.4, 0.5) is 29.0 Å². The van der Waals surface area contributed by atoms with Crippen LogP contribution in [0.2, 0.25) is 0 Å². The minimum absolute atomic E-state index is 0.0110. The fourth-order valence-electron chi connectivity index (χ4n) is 3.57. The number of unbranched alkanes of at least 4 members (excludes halogenated alkanes) is 1. The maximum atomic E-state index is 11.1. The van der Waals surface area contributed by atoms with E-state index < -0.39 is 4.92 Å². The van der Waals surface area contributed by atoms with Crippen LogP contribution in [0.25, 0.3) is 11.3 Å². The summed E-state index contributed by atoms with van der Waals surface area (Å²) in [5, 5.41) is 30.7. The Kier molecular flexibility index (Phi) is 9.87. The summed E-state index contributed by atoms with van der Waals surface area (Å²) >= 11 is 0. The summed E-state index contributed by atoms with van der Waals surface area (Å²) < 4.78 is 0. The zero-order valence-corrected chi connectivity index (χ0v) is 20.9. The molecule has 2 aromatic heterocycles. The van der Waals surface area contributed by atoms with Crippen LogP contribution in [0.5, 0.6) is 0 Å². The molecule has 3 rings (SSSR count). The van der Waals surface area contributed by atoms with E-state index in [9.17, 15) is 15.2 Å². The normalized spacial score (nSPS) is 12.6. The lowest BCUT2D eigenvalue weighted by atomic mass is 10.1. The zero-order chi connectivity index (χ0) is 25.9. The summed E-state index contributed by atoms with van der Waals surface area (Å²) in [4.78, 5) is 28.6. The summed E-state index contributed by atoms with van der Waals surface area (Å²) in [7, 11) is 0. The predicted molar refractivity (Wildman–Crippen MR) is 141 cm³/mol. The minimum atomic E-state index is -0.441. The van der Waals surface area contributed by atoms with Gasteiger partial charge in [0.1, 0.15) is 18.0 Å². The molecule has 192 valence electrons. The number of nitro benzene ring substituents is 1. The highest BCUT2D eigenvalue weighted by Gasteiger charge is 2.16. The molecule has 11 heteroatoms. The highest BCUT2D eigenvalue weighted by Crippen LogP contribution is 2.29. The molecule has 2 heterocycles. The van der Waals surface area contributed by atoms with Crippen molar-refractivity contribution < 1.29 is 10.0 Å². The summed E-state index contributed by atoms with van der Waals surface area (Å²) in [6.07, 6.45) is 7.19. The van der Waals surface area contributed by atoms with E-state index in [2.05, 4.69) is 44.7 Å². The molecule has 0 bridgehead atoms. The molecule has 0 radical (unpaired) electrons. The van der Waals surface area contributed by atoms with Gasteiger partial charge in [-0.2, -0.15) is 4.98 Å². The first-order valence-corrected chi connectivity index (χ1v) is 12.3. The highest BCUT2D eigenvalue weighted by atomic mass is 16.6. The lowest BCUT2D eigenvalue weighted by Gasteiger charge is -2.21. The second kappa shape index (κ2) is 13.3. The van der Waals surface area contributed by atoms with Crippen LogP contribution in [-0.2, 0) is 0 Å². The molecule has 0 aliphatic heterocycles. The third-order valence-electron chi connectivity index (χ3n) is 5.64. The average Bonchev–Trinajstić information content (AvgIpc) is 2.87. The smallest absolute Gasteiger partial charge is 0.271 e. The van der Waals surface area contributed by atoms with Gasteiger partial charge in [0.2, 0.25) is 5.95 Å². The quantitative estimate of drug-likeness (QED) is 0.134. The number of aliphatic hydroxyl groups excluding tert-OH is 1. The first kappa shape index (κ1) is 26.7. The van der Waals surface area contributed by atoms with E-state index in [0.717, 1.165) is 32.2 Å². The van der Waals surface area contributed by atoms with Crippen LogP contribution >= 0.6 is 0 Å². The van der Waals surface area contributed by atoms with E-state index in [4.69, 9.17) is 4.98 Å². The van der Waals surface area contributed by atoms with Crippen molar-refractivity contribution >= 4 is 29.0 Å². The molecule has 0 saturated heterocycles. The lowest BCUT2D eigenvalue weighted by molar-refractivity contribution is -0.384. The third-order valence-corrected chi connectivity index (χ3v) is 5.64. The van der Waals surface area contributed by atoms with Crippen molar-refractivity contribution in [2.75, 3.05) is 22.5 Å². The molecule has 1 unspecified atom stereocenters. The van der Waals surface area contributed by atoms with Crippen molar-refractivity contribution in [3.63, 3.8) is 0 Å². The Labute approximate surface area is 211 Å². The number of benzene rings is 1. The van der Waals surface area contributed by atoms with E-state index in [1.807, 2.05) is 0 Å². The van der Waals surface area contributed by atoms with Gasteiger partial charge in [-0.15, -0.1) is 0 Å². The summed E-state index contributed by atoms with van der Waals surface area (Å²) in [5.74, 6) is 1.66. The van der Waals surface area contributed by atoms with Gasteiger partial charge >= 0.3 is 0 Å². The van der Waals surface area contributed by atoms with E-state index in [1.165, 1.54) is 18.5 Å². The number of aromatic nitrogens is 4. The molecule has 11 nitrogen and oxygen atoms in total. The van der Waals surface area contributed by atoms with Gasteiger partial charge in [0.15, 0.2) is 0 Å². The van der Waals surface area contributed by atoms with Crippen molar-refractivity contribution in [2.45, 2.75) is 65.0 Å². The van der Waals surface area contributed by atoms with E-state index in [0.29, 0.717) is 40.9 Å². The van der Waals surface area contributed by atoms with Gasteiger partial charge in [0.05, 0.1) is 22.3 Å². The maximum Gasteiger partial charge on any atom is 0.271 e. The molecular weight excluding hydrogens is 460 g/mol. The SMILES string of the molecule is CCCCNc1ncc(-c2cc(Nc3cccc([N+](=O)[O-])c3)ncn2)c(NC(CC)CC[C@H](C)O)n1. The molecule has 0 aliphatic rings. The van der Waals surface area contributed by atoms with Gasteiger partial charge in [0, 0.05) is 42.7 Å².